The lowest BCUT2D eigenvalue weighted by Gasteiger charge is -2.09. The van der Waals surface area contributed by atoms with Crippen LogP contribution in [-0.4, -0.2) is 17.6 Å². The Morgan fingerprint density at radius 2 is 2.43 bits per heavy atom. The van der Waals surface area contributed by atoms with Crippen LogP contribution in [0.15, 0.2) is 22.8 Å². The van der Waals surface area contributed by atoms with E-state index in [4.69, 9.17) is 10.5 Å². The van der Waals surface area contributed by atoms with Crippen molar-refractivity contribution in [2.45, 2.75) is 13.0 Å². The van der Waals surface area contributed by atoms with Gasteiger partial charge in [-0.1, -0.05) is 0 Å². The Labute approximate surface area is 90.6 Å². The van der Waals surface area contributed by atoms with Gasteiger partial charge >= 0.3 is 5.97 Å². The summed E-state index contributed by atoms with van der Waals surface area (Å²) in [6, 6.07) is 2.66. The highest BCUT2D eigenvalue weighted by atomic mass is 79.9. The van der Waals surface area contributed by atoms with Crippen molar-refractivity contribution in [1.29, 1.82) is 0 Å². The highest BCUT2D eigenvalue weighted by molar-refractivity contribution is 9.10. The molecule has 0 bridgehead atoms. The molecule has 0 aliphatic heterocycles. The third kappa shape index (κ3) is 2.78. The van der Waals surface area contributed by atoms with Gasteiger partial charge in [-0.3, -0.25) is 4.98 Å². The number of nitrogens with two attached hydrogens (primary N) is 1. The van der Waals surface area contributed by atoms with Crippen molar-refractivity contribution >= 4 is 21.9 Å². The summed E-state index contributed by atoms with van der Waals surface area (Å²) in [6.07, 6.45) is 1.59. The number of esters is 1. The second kappa shape index (κ2) is 5.07. The maximum absolute atomic E-state index is 11.2. The van der Waals surface area contributed by atoms with E-state index in [0.717, 1.165) is 4.47 Å². The van der Waals surface area contributed by atoms with Crippen LogP contribution in [0.1, 0.15) is 18.7 Å². The maximum atomic E-state index is 11.2. The summed E-state index contributed by atoms with van der Waals surface area (Å²) in [6.45, 7) is 2.06. The molecular formula is C9H11BrN2O2. The zero-order chi connectivity index (χ0) is 10.6. The van der Waals surface area contributed by atoms with E-state index in [2.05, 4.69) is 20.9 Å². The molecule has 1 heterocycles. The number of ether oxygens (including phenoxy) is 1. The molecule has 1 rings (SSSR count). The third-order valence-corrected chi connectivity index (χ3v) is 2.08. The number of nitrogens with zero attached hydrogens (tertiary/aromatic N) is 1. The van der Waals surface area contributed by atoms with Crippen molar-refractivity contribution in [1.82, 2.24) is 4.98 Å². The van der Waals surface area contributed by atoms with Crippen molar-refractivity contribution < 1.29 is 9.53 Å². The fraction of sp³-hybridized carbons (Fsp3) is 0.333. The van der Waals surface area contributed by atoms with Gasteiger partial charge in [0.1, 0.15) is 6.04 Å². The molecule has 0 amide bonds. The van der Waals surface area contributed by atoms with Crippen LogP contribution in [0.2, 0.25) is 0 Å². The first-order chi connectivity index (χ1) is 6.65. The molecule has 0 spiro atoms. The largest absolute Gasteiger partial charge is 0.465 e. The first kappa shape index (κ1) is 11.1. The first-order valence-corrected chi connectivity index (χ1v) is 4.98. The lowest BCUT2D eigenvalue weighted by molar-refractivity contribution is -0.144. The van der Waals surface area contributed by atoms with Gasteiger partial charge in [-0.15, -0.1) is 0 Å². The van der Waals surface area contributed by atoms with Crippen molar-refractivity contribution in [3.05, 3.63) is 28.5 Å². The summed E-state index contributed by atoms with van der Waals surface area (Å²) >= 11 is 3.24. The molecule has 1 aromatic rings. The number of rotatable bonds is 3. The minimum Gasteiger partial charge on any atom is -0.465 e. The molecule has 0 radical (unpaired) electrons. The minimum atomic E-state index is -0.803. The molecule has 76 valence electrons. The van der Waals surface area contributed by atoms with Crippen LogP contribution >= 0.6 is 15.9 Å². The van der Waals surface area contributed by atoms with Gasteiger partial charge in [0.05, 0.1) is 12.3 Å². The Hall–Kier alpha value is -0.940. The van der Waals surface area contributed by atoms with Crippen LogP contribution in [-0.2, 0) is 9.53 Å². The van der Waals surface area contributed by atoms with Crippen LogP contribution in [0.5, 0.6) is 0 Å². The minimum absolute atomic E-state index is 0.322. The molecule has 0 saturated carbocycles. The van der Waals surface area contributed by atoms with Gasteiger partial charge in [0.25, 0.3) is 0 Å². The normalized spacial score (nSPS) is 12.2. The van der Waals surface area contributed by atoms with Crippen LogP contribution in [0, 0.1) is 0 Å². The van der Waals surface area contributed by atoms with E-state index in [1.807, 2.05) is 0 Å². The van der Waals surface area contributed by atoms with E-state index in [1.54, 1.807) is 25.3 Å². The van der Waals surface area contributed by atoms with E-state index in [1.165, 1.54) is 0 Å². The van der Waals surface area contributed by atoms with Crippen LogP contribution in [0.3, 0.4) is 0 Å². The predicted molar refractivity (Wildman–Crippen MR) is 55.5 cm³/mol. The van der Waals surface area contributed by atoms with Gasteiger partial charge in [-0.25, -0.2) is 4.79 Å². The van der Waals surface area contributed by atoms with Gasteiger partial charge in [0, 0.05) is 10.7 Å². The Morgan fingerprint density at radius 3 is 2.93 bits per heavy atom. The first-order valence-electron chi connectivity index (χ1n) is 4.18. The standard InChI is InChI=1S/C9H11BrN2O2/c1-2-14-9(13)8(11)7-4-3-6(10)5-12-7/h3-5,8H,2,11H2,1H3. The number of aromatic nitrogens is 1. The molecule has 5 heteroatoms. The highest BCUT2D eigenvalue weighted by Gasteiger charge is 2.17. The Morgan fingerprint density at radius 1 is 1.71 bits per heavy atom. The lowest BCUT2D eigenvalue weighted by atomic mass is 10.2. The molecule has 1 aromatic heterocycles. The molecule has 4 nitrogen and oxygen atoms in total. The molecule has 0 aliphatic carbocycles. The average molecular weight is 259 g/mol. The molecule has 0 aromatic carbocycles. The highest BCUT2D eigenvalue weighted by Crippen LogP contribution is 2.12. The van der Waals surface area contributed by atoms with Crippen LogP contribution in [0.4, 0.5) is 0 Å². The summed E-state index contributed by atoms with van der Waals surface area (Å²) in [5, 5.41) is 0. The van der Waals surface area contributed by atoms with Gasteiger partial charge in [0.15, 0.2) is 0 Å². The Kier molecular flexibility index (Phi) is 4.03. The van der Waals surface area contributed by atoms with Crippen molar-refractivity contribution in [3.63, 3.8) is 0 Å². The summed E-state index contributed by atoms with van der Waals surface area (Å²) < 4.78 is 5.62. The summed E-state index contributed by atoms with van der Waals surface area (Å²) in [5.74, 6) is -0.456. The van der Waals surface area contributed by atoms with E-state index in [-0.39, 0.29) is 0 Å². The van der Waals surface area contributed by atoms with E-state index in [0.29, 0.717) is 12.3 Å². The van der Waals surface area contributed by atoms with Gasteiger partial charge in [-0.2, -0.15) is 0 Å². The summed E-state index contributed by atoms with van der Waals surface area (Å²) in [4.78, 5) is 15.2. The van der Waals surface area contributed by atoms with E-state index < -0.39 is 12.0 Å². The predicted octanol–water partition coefficient (Wildman–Crippen LogP) is 1.41. The molecule has 2 N–H and O–H groups in total. The fourth-order valence-electron chi connectivity index (χ4n) is 0.924. The Bertz CT molecular complexity index is 313. The number of carbonyl (C=O) groups excluding carboxylic acids is 1. The maximum Gasteiger partial charge on any atom is 0.329 e. The second-order valence-electron chi connectivity index (χ2n) is 2.63. The summed E-state index contributed by atoms with van der Waals surface area (Å²) in [5.41, 5.74) is 6.13. The molecular weight excluding hydrogens is 248 g/mol. The number of hydrogen-bond donors (Lipinski definition) is 1. The summed E-state index contributed by atoms with van der Waals surface area (Å²) in [7, 11) is 0. The van der Waals surface area contributed by atoms with Crippen molar-refractivity contribution in [2.24, 2.45) is 5.73 Å². The van der Waals surface area contributed by atoms with Crippen molar-refractivity contribution in [2.75, 3.05) is 6.61 Å². The van der Waals surface area contributed by atoms with Gasteiger partial charge in [-0.05, 0) is 35.0 Å². The molecule has 0 aliphatic rings. The zero-order valence-electron chi connectivity index (χ0n) is 7.74. The number of hydrogen-bond acceptors (Lipinski definition) is 4. The van der Waals surface area contributed by atoms with Gasteiger partial charge in [0.2, 0.25) is 0 Å². The molecule has 1 atom stereocenters. The smallest absolute Gasteiger partial charge is 0.329 e. The second-order valence-corrected chi connectivity index (χ2v) is 3.55. The SMILES string of the molecule is CCOC(=O)C(N)c1ccc(Br)cn1. The number of halogens is 1. The topological polar surface area (TPSA) is 65.2 Å². The van der Waals surface area contributed by atoms with Crippen molar-refractivity contribution in [3.8, 4) is 0 Å². The number of carbonyl (C=O) groups is 1. The monoisotopic (exact) mass is 258 g/mol. The Balaban J connectivity index is 2.73. The molecule has 14 heavy (non-hydrogen) atoms. The molecule has 0 fully saturated rings. The third-order valence-electron chi connectivity index (χ3n) is 1.61. The quantitative estimate of drug-likeness (QED) is 0.833. The van der Waals surface area contributed by atoms with Crippen LogP contribution in [0.25, 0.3) is 0 Å². The molecule has 0 saturated heterocycles. The van der Waals surface area contributed by atoms with Crippen LogP contribution < -0.4 is 5.73 Å². The fourth-order valence-corrected chi connectivity index (χ4v) is 1.16. The lowest BCUT2D eigenvalue weighted by Crippen LogP contribution is -2.24. The molecule has 1 unspecified atom stereocenters. The average Bonchev–Trinajstić information content (AvgIpc) is 2.18. The number of pyridine rings is 1. The van der Waals surface area contributed by atoms with Gasteiger partial charge < -0.3 is 10.5 Å². The van der Waals surface area contributed by atoms with E-state index in [9.17, 15) is 4.79 Å². The zero-order valence-corrected chi connectivity index (χ0v) is 9.32. The van der Waals surface area contributed by atoms with E-state index >= 15 is 0 Å².